The number of carbonyl (C=O) groups excluding carboxylic acids is 1. The van der Waals surface area contributed by atoms with Crippen LogP contribution < -0.4 is 4.90 Å². The van der Waals surface area contributed by atoms with E-state index in [0.29, 0.717) is 24.9 Å². The number of benzene rings is 1. The number of nitrogens with zero attached hydrogens (tertiary/aromatic N) is 3. The normalized spacial score (nSPS) is 10.0. The number of carbonyl (C=O) groups is 1. The second-order valence-electron chi connectivity index (χ2n) is 4.31. The van der Waals surface area contributed by atoms with Crippen LogP contribution in [0.25, 0.3) is 0 Å². The van der Waals surface area contributed by atoms with Gasteiger partial charge in [-0.1, -0.05) is 0 Å². The summed E-state index contributed by atoms with van der Waals surface area (Å²) in [4.78, 5) is 23.1. The maximum Gasteiger partial charge on any atom is 0.270 e. The van der Waals surface area contributed by atoms with Gasteiger partial charge < -0.3 is 4.90 Å². The van der Waals surface area contributed by atoms with Gasteiger partial charge in [0.25, 0.3) is 5.69 Å². The summed E-state index contributed by atoms with van der Waals surface area (Å²) in [6.07, 6.45) is 0.928. The van der Waals surface area contributed by atoms with Crippen molar-refractivity contribution in [2.75, 3.05) is 11.4 Å². The van der Waals surface area contributed by atoms with E-state index in [1.165, 1.54) is 12.1 Å². The van der Waals surface area contributed by atoms with Gasteiger partial charge in [0.2, 0.25) is 0 Å². The first-order chi connectivity index (χ1) is 9.01. The summed E-state index contributed by atoms with van der Waals surface area (Å²) in [6.45, 7) is 4.35. The SMILES string of the molecule is CC(C)N(CCC#N)c1ccc([N+](=O)[O-])cc1C=O. The van der Waals surface area contributed by atoms with Gasteiger partial charge in [-0.15, -0.1) is 0 Å². The highest BCUT2D eigenvalue weighted by atomic mass is 16.6. The van der Waals surface area contributed by atoms with Gasteiger partial charge in [-0.25, -0.2) is 0 Å². The number of non-ortho nitro benzene ring substituents is 1. The molecule has 19 heavy (non-hydrogen) atoms. The molecule has 0 unspecified atom stereocenters. The van der Waals surface area contributed by atoms with E-state index in [1.54, 1.807) is 6.07 Å². The highest BCUT2D eigenvalue weighted by Crippen LogP contribution is 2.26. The van der Waals surface area contributed by atoms with Crippen LogP contribution in [0.2, 0.25) is 0 Å². The van der Waals surface area contributed by atoms with Crippen LogP contribution >= 0.6 is 0 Å². The number of aldehydes is 1. The zero-order valence-corrected chi connectivity index (χ0v) is 10.9. The molecule has 0 atom stereocenters. The van der Waals surface area contributed by atoms with Crippen LogP contribution in [0.5, 0.6) is 0 Å². The Morgan fingerprint density at radius 2 is 2.21 bits per heavy atom. The van der Waals surface area contributed by atoms with E-state index in [-0.39, 0.29) is 17.3 Å². The minimum absolute atomic E-state index is 0.0912. The molecule has 0 bridgehead atoms. The standard InChI is InChI=1S/C13H15N3O3/c1-10(2)15(7-3-6-14)13-5-4-12(16(18)19)8-11(13)9-17/h4-5,8-10H,3,7H2,1-2H3. The van der Waals surface area contributed by atoms with Crippen molar-refractivity contribution in [2.24, 2.45) is 0 Å². The van der Waals surface area contributed by atoms with E-state index in [0.717, 1.165) is 0 Å². The molecular weight excluding hydrogens is 246 g/mol. The predicted octanol–water partition coefficient (Wildman–Crippen LogP) is 2.54. The Balaban J connectivity index is 3.19. The number of nitro benzene ring substituents is 1. The number of anilines is 1. The van der Waals surface area contributed by atoms with E-state index in [1.807, 2.05) is 18.7 Å². The first-order valence-corrected chi connectivity index (χ1v) is 5.88. The lowest BCUT2D eigenvalue weighted by Gasteiger charge is -2.29. The third-order valence-corrected chi connectivity index (χ3v) is 2.75. The van der Waals surface area contributed by atoms with E-state index >= 15 is 0 Å². The summed E-state index contributed by atoms with van der Waals surface area (Å²) in [5.74, 6) is 0. The topological polar surface area (TPSA) is 87.2 Å². The smallest absolute Gasteiger partial charge is 0.270 e. The molecule has 0 aromatic heterocycles. The lowest BCUT2D eigenvalue weighted by atomic mass is 10.1. The molecule has 1 rings (SSSR count). The molecule has 0 radical (unpaired) electrons. The van der Waals surface area contributed by atoms with Gasteiger partial charge in [-0.3, -0.25) is 14.9 Å². The zero-order valence-electron chi connectivity index (χ0n) is 10.9. The number of hydrogen-bond donors (Lipinski definition) is 0. The van der Waals surface area contributed by atoms with Crippen molar-refractivity contribution in [1.29, 1.82) is 5.26 Å². The summed E-state index contributed by atoms with van der Waals surface area (Å²) in [5.41, 5.74) is 0.765. The molecule has 6 nitrogen and oxygen atoms in total. The van der Waals surface area contributed by atoms with Gasteiger partial charge in [-0.05, 0) is 19.9 Å². The number of nitro groups is 1. The van der Waals surface area contributed by atoms with Crippen molar-refractivity contribution in [3.63, 3.8) is 0 Å². The van der Waals surface area contributed by atoms with E-state index in [4.69, 9.17) is 5.26 Å². The first kappa shape index (κ1) is 14.6. The van der Waals surface area contributed by atoms with Crippen LogP contribution in [-0.4, -0.2) is 23.8 Å². The minimum Gasteiger partial charge on any atom is -0.367 e. The van der Waals surface area contributed by atoms with Gasteiger partial charge in [0.05, 0.1) is 17.4 Å². The molecule has 6 heteroatoms. The zero-order chi connectivity index (χ0) is 14.4. The Labute approximate surface area is 111 Å². The van der Waals surface area contributed by atoms with Gasteiger partial charge in [0.15, 0.2) is 6.29 Å². The van der Waals surface area contributed by atoms with E-state index in [2.05, 4.69) is 6.07 Å². The van der Waals surface area contributed by atoms with Crippen LogP contribution in [0.3, 0.4) is 0 Å². The van der Waals surface area contributed by atoms with Crippen molar-refractivity contribution < 1.29 is 9.72 Å². The van der Waals surface area contributed by atoms with Crippen molar-refractivity contribution in [2.45, 2.75) is 26.3 Å². The quantitative estimate of drug-likeness (QED) is 0.446. The van der Waals surface area contributed by atoms with Crippen molar-refractivity contribution in [1.82, 2.24) is 0 Å². The molecule has 100 valence electrons. The Morgan fingerprint density at radius 3 is 2.68 bits per heavy atom. The van der Waals surface area contributed by atoms with Crippen LogP contribution in [0, 0.1) is 21.4 Å². The molecule has 0 aliphatic heterocycles. The fraction of sp³-hybridized carbons (Fsp3) is 0.385. The summed E-state index contributed by atoms with van der Waals surface area (Å²) in [5, 5.41) is 19.3. The fourth-order valence-electron chi connectivity index (χ4n) is 1.84. The second-order valence-corrected chi connectivity index (χ2v) is 4.31. The Hall–Kier alpha value is -2.42. The van der Waals surface area contributed by atoms with Gasteiger partial charge >= 0.3 is 0 Å². The predicted molar refractivity (Wildman–Crippen MR) is 71.2 cm³/mol. The molecule has 0 saturated carbocycles. The molecule has 1 aromatic carbocycles. The third-order valence-electron chi connectivity index (χ3n) is 2.75. The van der Waals surface area contributed by atoms with Crippen molar-refractivity contribution in [3.8, 4) is 6.07 Å². The number of nitriles is 1. The first-order valence-electron chi connectivity index (χ1n) is 5.88. The third kappa shape index (κ3) is 3.52. The Morgan fingerprint density at radius 1 is 1.53 bits per heavy atom. The maximum absolute atomic E-state index is 11.1. The highest BCUT2D eigenvalue weighted by Gasteiger charge is 2.17. The number of hydrogen-bond acceptors (Lipinski definition) is 5. The molecule has 0 spiro atoms. The lowest BCUT2D eigenvalue weighted by molar-refractivity contribution is -0.384. The molecule has 0 aliphatic rings. The number of rotatable bonds is 6. The average Bonchev–Trinajstić information content (AvgIpc) is 2.38. The summed E-state index contributed by atoms with van der Waals surface area (Å²) in [6, 6.07) is 6.32. The molecular formula is C13H15N3O3. The molecule has 0 saturated heterocycles. The van der Waals surface area contributed by atoms with Gasteiger partial charge in [0.1, 0.15) is 0 Å². The molecule has 0 N–H and O–H groups in total. The second kappa shape index (κ2) is 6.50. The molecule has 0 amide bonds. The summed E-state index contributed by atoms with van der Waals surface area (Å²) < 4.78 is 0. The molecule has 0 fully saturated rings. The van der Waals surface area contributed by atoms with Crippen LogP contribution in [0.4, 0.5) is 11.4 Å². The lowest BCUT2D eigenvalue weighted by Crippen LogP contribution is -2.32. The largest absolute Gasteiger partial charge is 0.367 e. The van der Waals surface area contributed by atoms with Crippen LogP contribution in [0.1, 0.15) is 30.6 Å². The monoisotopic (exact) mass is 261 g/mol. The fourth-order valence-corrected chi connectivity index (χ4v) is 1.84. The molecule has 0 aliphatic carbocycles. The summed E-state index contributed by atoms with van der Waals surface area (Å²) in [7, 11) is 0. The summed E-state index contributed by atoms with van der Waals surface area (Å²) >= 11 is 0. The van der Waals surface area contributed by atoms with Crippen LogP contribution in [-0.2, 0) is 0 Å². The maximum atomic E-state index is 11.1. The van der Waals surface area contributed by atoms with Gasteiger partial charge in [-0.2, -0.15) is 5.26 Å². The average molecular weight is 261 g/mol. The highest BCUT2D eigenvalue weighted by molar-refractivity contribution is 5.86. The van der Waals surface area contributed by atoms with Crippen molar-refractivity contribution in [3.05, 3.63) is 33.9 Å². The molecule has 0 heterocycles. The van der Waals surface area contributed by atoms with E-state index in [9.17, 15) is 14.9 Å². The van der Waals surface area contributed by atoms with Gasteiger partial charge in [0, 0.05) is 36.0 Å². The Bertz CT molecular complexity index is 520. The molecule has 1 aromatic rings. The van der Waals surface area contributed by atoms with Crippen LogP contribution in [0.15, 0.2) is 18.2 Å². The van der Waals surface area contributed by atoms with E-state index < -0.39 is 4.92 Å². The van der Waals surface area contributed by atoms with Crippen molar-refractivity contribution >= 4 is 17.7 Å². The minimum atomic E-state index is -0.536. The Kier molecular flexibility index (Phi) is 5.01.